The molecule has 0 atom stereocenters. The van der Waals surface area contributed by atoms with Crippen molar-refractivity contribution in [1.29, 1.82) is 0 Å². The van der Waals surface area contributed by atoms with Gasteiger partial charge in [-0.15, -0.1) is 11.3 Å². The van der Waals surface area contributed by atoms with Gasteiger partial charge in [-0.05, 0) is 31.0 Å². The Kier molecular flexibility index (Phi) is 5.58. The van der Waals surface area contributed by atoms with E-state index >= 15 is 0 Å². The number of halogens is 1. The molecule has 0 bridgehead atoms. The van der Waals surface area contributed by atoms with Crippen LogP contribution in [0.3, 0.4) is 0 Å². The summed E-state index contributed by atoms with van der Waals surface area (Å²) >= 11 is 7.99. The highest BCUT2D eigenvalue weighted by atomic mass is 35.5. The zero-order valence-corrected chi connectivity index (χ0v) is 13.8. The minimum Gasteiger partial charge on any atom is -0.312 e. The van der Waals surface area contributed by atoms with Gasteiger partial charge in [0.05, 0.1) is 10.7 Å². The maximum absolute atomic E-state index is 6.20. The average Bonchev–Trinajstić information content (AvgIpc) is 2.72. The van der Waals surface area contributed by atoms with Crippen molar-refractivity contribution >= 4 is 22.9 Å². The Morgan fingerprint density at radius 3 is 2.75 bits per heavy atom. The molecule has 0 aliphatic carbocycles. The Balaban J connectivity index is 2.02. The van der Waals surface area contributed by atoms with Crippen molar-refractivity contribution < 1.29 is 0 Å². The molecule has 2 aromatic rings. The zero-order chi connectivity index (χ0) is 14.5. The van der Waals surface area contributed by atoms with Gasteiger partial charge in [0, 0.05) is 22.9 Å². The average molecular weight is 309 g/mol. The SMILES string of the molecule is Cc1nc(Cc2ccccc2Cl)sc1CNCC(C)C. The highest BCUT2D eigenvalue weighted by molar-refractivity contribution is 7.11. The van der Waals surface area contributed by atoms with Crippen molar-refractivity contribution in [2.75, 3.05) is 6.54 Å². The summed E-state index contributed by atoms with van der Waals surface area (Å²) in [4.78, 5) is 5.99. The Bertz CT molecular complexity index is 563. The topological polar surface area (TPSA) is 24.9 Å². The van der Waals surface area contributed by atoms with Crippen molar-refractivity contribution in [2.24, 2.45) is 5.92 Å². The van der Waals surface area contributed by atoms with Gasteiger partial charge < -0.3 is 5.32 Å². The summed E-state index contributed by atoms with van der Waals surface area (Å²) in [6.07, 6.45) is 0.815. The molecule has 1 aromatic heterocycles. The van der Waals surface area contributed by atoms with Gasteiger partial charge in [0.2, 0.25) is 0 Å². The number of nitrogens with zero attached hydrogens (tertiary/aromatic N) is 1. The van der Waals surface area contributed by atoms with Crippen molar-refractivity contribution in [3.8, 4) is 0 Å². The summed E-state index contributed by atoms with van der Waals surface area (Å²) in [6.45, 7) is 8.46. The van der Waals surface area contributed by atoms with Gasteiger partial charge in [-0.2, -0.15) is 0 Å². The Labute approximate surface area is 130 Å². The zero-order valence-electron chi connectivity index (χ0n) is 12.2. The van der Waals surface area contributed by atoms with E-state index in [2.05, 4.69) is 37.1 Å². The molecule has 0 spiro atoms. The van der Waals surface area contributed by atoms with Crippen LogP contribution in [-0.4, -0.2) is 11.5 Å². The van der Waals surface area contributed by atoms with Crippen molar-refractivity contribution in [3.63, 3.8) is 0 Å². The molecule has 20 heavy (non-hydrogen) atoms. The van der Waals surface area contributed by atoms with E-state index in [1.165, 1.54) is 4.88 Å². The second-order valence-electron chi connectivity index (χ2n) is 5.41. The maximum Gasteiger partial charge on any atom is 0.0975 e. The standard InChI is InChI=1S/C16H21ClN2S/c1-11(2)9-18-10-15-12(3)19-16(20-15)8-13-6-4-5-7-14(13)17/h4-7,11,18H,8-10H2,1-3H3. The van der Waals surface area contributed by atoms with Crippen LogP contribution in [0, 0.1) is 12.8 Å². The van der Waals surface area contributed by atoms with Crippen LogP contribution in [0.25, 0.3) is 0 Å². The number of benzene rings is 1. The second kappa shape index (κ2) is 7.21. The van der Waals surface area contributed by atoms with Crippen LogP contribution in [0.1, 0.15) is 35.0 Å². The summed E-state index contributed by atoms with van der Waals surface area (Å²) in [7, 11) is 0. The van der Waals surface area contributed by atoms with Crippen LogP contribution in [0.4, 0.5) is 0 Å². The van der Waals surface area contributed by atoms with Gasteiger partial charge >= 0.3 is 0 Å². The number of aryl methyl sites for hydroxylation is 1. The van der Waals surface area contributed by atoms with Gasteiger partial charge in [0.1, 0.15) is 0 Å². The lowest BCUT2D eigenvalue weighted by atomic mass is 10.2. The molecule has 2 nitrogen and oxygen atoms in total. The summed E-state index contributed by atoms with van der Waals surface area (Å²) in [5.41, 5.74) is 2.28. The van der Waals surface area contributed by atoms with E-state index in [-0.39, 0.29) is 0 Å². The normalized spacial score (nSPS) is 11.2. The van der Waals surface area contributed by atoms with Crippen molar-refractivity contribution in [1.82, 2.24) is 10.3 Å². The van der Waals surface area contributed by atoms with Gasteiger partial charge in [-0.25, -0.2) is 4.98 Å². The molecule has 0 unspecified atom stereocenters. The highest BCUT2D eigenvalue weighted by Crippen LogP contribution is 2.24. The Morgan fingerprint density at radius 1 is 1.30 bits per heavy atom. The van der Waals surface area contributed by atoms with E-state index < -0.39 is 0 Å². The van der Waals surface area contributed by atoms with E-state index in [0.29, 0.717) is 5.92 Å². The molecule has 108 valence electrons. The third kappa shape index (κ3) is 4.30. The van der Waals surface area contributed by atoms with Crippen LogP contribution >= 0.6 is 22.9 Å². The van der Waals surface area contributed by atoms with Gasteiger partial charge in [-0.3, -0.25) is 0 Å². The van der Waals surface area contributed by atoms with Gasteiger partial charge in [-0.1, -0.05) is 43.6 Å². The smallest absolute Gasteiger partial charge is 0.0975 e. The van der Waals surface area contributed by atoms with Gasteiger partial charge in [0.15, 0.2) is 0 Å². The molecule has 0 radical (unpaired) electrons. The number of aromatic nitrogens is 1. The molecule has 0 aliphatic heterocycles. The van der Waals surface area contributed by atoms with Crippen LogP contribution in [0.5, 0.6) is 0 Å². The number of rotatable bonds is 6. The van der Waals surface area contributed by atoms with Crippen LogP contribution in [0.15, 0.2) is 24.3 Å². The Hall–Kier alpha value is -0.900. The van der Waals surface area contributed by atoms with E-state index in [4.69, 9.17) is 11.6 Å². The molecule has 0 saturated heterocycles. The molecule has 1 heterocycles. The minimum atomic E-state index is 0.672. The van der Waals surface area contributed by atoms with E-state index in [1.54, 1.807) is 11.3 Å². The second-order valence-corrected chi connectivity index (χ2v) is 6.98. The molecule has 4 heteroatoms. The van der Waals surface area contributed by atoms with E-state index in [9.17, 15) is 0 Å². The molecular weight excluding hydrogens is 288 g/mol. The number of hydrogen-bond donors (Lipinski definition) is 1. The molecule has 1 N–H and O–H groups in total. The predicted octanol–water partition coefficient (Wildman–Crippen LogP) is 4.44. The monoisotopic (exact) mass is 308 g/mol. The lowest BCUT2D eigenvalue weighted by Gasteiger charge is -2.05. The van der Waals surface area contributed by atoms with E-state index in [0.717, 1.165) is 40.8 Å². The summed E-state index contributed by atoms with van der Waals surface area (Å²) < 4.78 is 0. The van der Waals surface area contributed by atoms with Crippen molar-refractivity contribution in [2.45, 2.75) is 33.7 Å². The molecular formula is C16H21ClN2S. The van der Waals surface area contributed by atoms with Gasteiger partial charge in [0.25, 0.3) is 0 Å². The predicted molar refractivity (Wildman–Crippen MR) is 87.7 cm³/mol. The summed E-state index contributed by atoms with van der Waals surface area (Å²) in [5.74, 6) is 0.672. The third-order valence-corrected chi connectivity index (χ3v) is 4.60. The first kappa shape index (κ1) is 15.5. The van der Waals surface area contributed by atoms with Crippen LogP contribution < -0.4 is 5.32 Å². The van der Waals surface area contributed by atoms with E-state index in [1.807, 2.05) is 18.2 Å². The number of hydrogen-bond acceptors (Lipinski definition) is 3. The molecule has 2 rings (SSSR count). The summed E-state index contributed by atoms with van der Waals surface area (Å²) in [5, 5.41) is 5.43. The fourth-order valence-electron chi connectivity index (χ4n) is 2.01. The van der Waals surface area contributed by atoms with Crippen LogP contribution in [-0.2, 0) is 13.0 Å². The number of thiazole rings is 1. The molecule has 0 saturated carbocycles. The highest BCUT2D eigenvalue weighted by Gasteiger charge is 2.09. The largest absolute Gasteiger partial charge is 0.312 e. The number of nitrogens with one attached hydrogen (secondary N) is 1. The Morgan fingerprint density at radius 2 is 2.05 bits per heavy atom. The molecule has 1 aromatic carbocycles. The molecule has 0 aliphatic rings. The molecule has 0 fully saturated rings. The van der Waals surface area contributed by atoms with Crippen molar-refractivity contribution in [3.05, 3.63) is 50.4 Å². The first-order valence-corrected chi connectivity index (χ1v) is 8.15. The maximum atomic E-state index is 6.20. The fraction of sp³-hybridized carbons (Fsp3) is 0.438. The first-order chi connectivity index (χ1) is 9.56. The third-order valence-electron chi connectivity index (χ3n) is 3.07. The lowest BCUT2D eigenvalue weighted by Crippen LogP contribution is -2.18. The first-order valence-electron chi connectivity index (χ1n) is 6.95. The minimum absolute atomic E-state index is 0.672. The lowest BCUT2D eigenvalue weighted by molar-refractivity contribution is 0.554. The summed E-state index contributed by atoms with van der Waals surface area (Å²) in [6, 6.07) is 7.98. The molecule has 0 amide bonds. The fourth-order valence-corrected chi connectivity index (χ4v) is 3.27. The van der Waals surface area contributed by atoms with Crippen LogP contribution in [0.2, 0.25) is 5.02 Å². The quantitative estimate of drug-likeness (QED) is 0.853.